The number of hydrogen-bond acceptors (Lipinski definition) is 7. The highest BCUT2D eigenvalue weighted by molar-refractivity contribution is 5.66. The maximum Gasteiger partial charge on any atom is 0.222 e. The number of rotatable bonds is 15. The average Bonchev–Trinajstić information content (AvgIpc) is 3.17. The molecule has 1 unspecified atom stereocenters. The van der Waals surface area contributed by atoms with Gasteiger partial charge in [-0.25, -0.2) is 4.68 Å². The van der Waals surface area contributed by atoms with Crippen LogP contribution < -0.4 is 9.47 Å². The highest BCUT2D eigenvalue weighted by atomic mass is 16.5. The third-order valence-electron chi connectivity index (χ3n) is 5.63. The highest BCUT2D eigenvalue weighted by Crippen LogP contribution is 2.37. The maximum atomic E-state index is 10.7. The van der Waals surface area contributed by atoms with Crippen molar-refractivity contribution in [1.82, 2.24) is 14.7 Å². The van der Waals surface area contributed by atoms with Crippen molar-refractivity contribution < 1.29 is 24.1 Å². The van der Waals surface area contributed by atoms with E-state index in [-0.39, 0.29) is 6.61 Å². The van der Waals surface area contributed by atoms with Crippen molar-refractivity contribution in [3.05, 3.63) is 60.2 Å². The first-order chi connectivity index (χ1) is 17.4. The summed E-state index contributed by atoms with van der Waals surface area (Å²) in [6.45, 7) is 7.18. The number of hydrogen-bond donors (Lipinski definition) is 1. The van der Waals surface area contributed by atoms with E-state index >= 15 is 0 Å². The number of para-hydroxylation sites is 2. The monoisotopic (exact) mass is 497 g/mol. The number of benzene rings is 2. The van der Waals surface area contributed by atoms with Gasteiger partial charge in [-0.3, -0.25) is 4.90 Å². The summed E-state index contributed by atoms with van der Waals surface area (Å²) < 4.78 is 24.7. The van der Waals surface area contributed by atoms with Gasteiger partial charge >= 0.3 is 0 Å². The van der Waals surface area contributed by atoms with Crippen LogP contribution in [0.1, 0.15) is 19.4 Å². The standard InChI is InChI=1S/C28H39N3O5/c1-21(2)19-35-20-23(32)17-31(15-16-33-4)18-24-27(22-11-7-6-8-12-22)29-30(3)28(24)36-26-14-10-9-13-25(26)34-5/h6-14,21,23,32H,15-20H2,1-5H3. The first kappa shape index (κ1) is 27.7. The maximum absolute atomic E-state index is 10.7. The number of aryl methyl sites for hydroxylation is 1. The molecule has 0 amide bonds. The summed E-state index contributed by atoms with van der Waals surface area (Å²) in [4.78, 5) is 2.14. The van der Waals surface area contributed by atoms with Crippen molar-refractivity contribution in [2.45, 2.75) is 26.5 Å². The molecule has 1 N–H and O–H groups in total. The molecule has 196 valence electrons. The molecule has 0 fully saturated rings. The van der Waals surface area contributed by atoms with Crippen molar-refractivity contribution in [3.63, 3.8) is 0 Å². The molecule has 8 nitrogen and oxygen atoms in total. The quantitative estimate of drug-likeness (QED) is 0.334. The molecule has 1 aromatic heterocycles. The fraction of sp³-hybridized carbons (Fsp3) is 0.464. The largest absolute Gasteiger partial charge is 0.493 e. The summed E-state index contributed by atoms with van der Waals surface area (Å²) in [5.74, 6) is 2.28. The minimum Gasteiger partial charge on any atom is -0.493 e. The fourth-order valence-corrected chi connectivity index (χ4v) is 3.93. The van der Waals surface area contributed by atoms with Gasteiger partial charge in [-0.15, -0.1) is 0 Å². The molecule has 3 rings (SSSR count). The van der Waals surface area contributed by atoms with Gasteiger partial charge in [0, 0.05) is 46.0 Å². The van der Waals surface area contributed by atoms with Gasteiger partial charge in [0.2, 0.25) is 5.88 Å². The molecule has 0 aliphatic carbocycles. The summed E-state index contributed by atoms with van der Waals surface area (Å²) in [7, 11) is 5.17. The molecule has 0 radical (unpaired) electrons. The Morgan fingerprint density at radius 1 is 0.972 bits per heavy atom. The van der Waals surface area contributed by atoms with Crippen LogP contribution >= 0.6 is 0 Å². The fourth-order valence-electron chi connectivity index (χ4n) is 3.93. The van der Waals surface area contributed by atoms with Crippen molar-refractivity contribution in [2.24, 2.45) is 13.0 Å². The second-order valence-corrected chi connectivity index (χ2v) is 9.19. The molecule has 0 bridgehead atoms. The molecule has 1 heterocycles. The number of nitrogens with zero attached hydrogens (tertiary/aromatic N) is 3. The van der Waals surface area contributed by atoms with Crippen LogP contribution in [0.2, 0.25) is 0 Å². The lowest BCUT2D eigenvalue weighted by Crippen LogP contribution is -2.37. The molecule has 8 heteroatoms. The topological polar surface area (TPSA) is 78.2 Å². The van der Waals surface area contributed by atoms with Gasteiger partial charge in [0.1, 0.15) is 5.69 Å². The van der Waals surface area contributed by atoms with Crippen molar-refractivity contribution in [3.8, 4) is 28.6 Å². The van der Waals surface area contributed by atoms with E-state index in [0.717, 1.165) is 16.8 Å². The molecular weight excluding hydrogens is 458 g/mol. The Labute approximate surface area is 214 Å². The van der Waals surface area contributed by atoms with Crippen LogP contribution in [-0.4, -0.2) is 73.0 Å². The molecule has 0 saturated heterocycles. The van der Waals surface area contributed by atoms with Crippen LogP contribution in [-0.2, 0) is 23.1 Å². The summed E-state index contributed by atoms with van der Waals surface area (Å²) in [5, 5.41) is 15.5. The molecule has 0 saturated carbocycles. The molecule has 0 spiro atoms. The van der Waals surface area contributed by atoms with Gasteiger partial charge in [0.15, 0.2) is 11.5 Å². The van der Waals surface area contributed by atoms with Crippen molar-refractivity contribution in [2.75, 3.05) is 47.1 Å². The van der Waals surface area contributed by atoms with E-state index in [9.17, 15) is 5.11 Å². The normalized spacial score (nSPS) is 12.3. The predicted molar refractivity (Wildman–Crippen MR) is 141 cm³/mol. The van der Waals surface area contributed by atoms with Crippen LogP contribution in [0.25, 0.3) is 11.3 Å². The second-order valence-electron chi connectivity index (χ2n) is 9.19. The Morgan fingerprint density at radius 2 is 1.67 bits per heavy atom. The van der Waals surface area contributed by atoms with Crippen molar-refractivity contribution in [1.29, 1.82) is 0 Å². The summed E-state index contributed by atoms with van der Waals surface area (Å²) in [6.07, 6.45) is -0.629. The first-order valence-corrected chi connectivity index (χ1v) is 12.3. The molecule has 2 aromatic carbocycles. The Balaban J connectivity index is 1.93. The van der Waals surface area contributed by atoms with E-state index in [0.29, 0.717) is 56.1 Å². The van der Waals surface area contributed by atoms with E-state index in [1.165, 1.54) is 0 Å². The lowest BCUT2D eigenvalue weighted by Gasteiger charge is -2.25. The summed E-state index contributed by atoms with van der Waals surface area (Å²) in [5.41, 5.74) is 2.74. The third-order valence-corrected chi connectivity index (χ3v) is 5.63. The molecule has 36 heavy (non-hydrogen) atoms. The zero-order valence-electron chi connectivity index (χ0n) is 22.0. The lowest BCUT2D eigenvalue weighted by atomic mass is 10.1. The minimum atomic E-state index is -0.629. The van der Waals surface area contributed by atoms with Crippen LogP contribution in [0.15, 0.2) is 54.6 Å². The average molecular weight is 498 g/mol. The number of aromatic nitrogens is 2. The highest BCUT2D eigenvalue weighted by Gasteiger charge is 2.24. The first-order valence-electron chi connectivity index (χ1n) is 12.3. The van der Waals surface area contributed by atoms with Crippen LogP contribution in [0.4, 0.5) is 0 Å². The number of aliphatic hydroxyl groups is 1. The second kappa shape index (κ2) is 14.0. The lowest BCUT2D eigenvalue weighted by molar-refractivity contribution is 0.00329. The van der Waals surface area contributed by atoms with E-state index in [1.807, 2.05) is 61.6 Å². The van der Waals surface area contributed by atoms with Gasteiger partial charge in [-0.2, -0.15) is 5.10 Å². The molecule has 0 aliphatic heterocycles. The van der Waals surface area contributed by atoms with E-state index < -0.39 is 6.10 Å². The van der Waals surface area contributed by atoms with E-state index in [2.05, 4.69) is 18.7 Å². The number of methoxy groups -OCH3 is 2. The van der Waals surface area contributed by atoms with Gasteiger partial charge in [-0.1, -0.05) is 56.3 Å². The van der Waals surface area contributed by atoms with Gasteiger partial charge in [0.25, 0.3) is 0 Å². The zero-order chi connectivity index (χ0) is 25.9. The van der Waals surface area contributed by atoms with Crippen molar-refractivity contribution >= 4 is 0 Å². The molecule has 3 aromatic rings. The van der Waals surface area contributed by atoms with Gasteiger partial charge in [0.05, 0.1) is 32.0 Å². The smallest absolute Gasteiger partial charge is 0.222 e. The van der Waals surface area contributed by atoms with Crippen LogP contribution in [0.3, 0.4) is 0 Å². The third kappa shape index (κ3) is 7.80. The Bertz CT molecular complexity index is 1050. The van der Waals surface area contributed by atoms with E-state index in [1.54, 1.807) is 18.9 Å². The van der Waals surface area contributed by atoms with Gasteiger partial charge < -0.3 is 24.1 Å². The summed E-state index contributed by atoms with van der Waals surface area (Å²) >= 11 is 0. The van der Waals surface area contributed by atoms with Gasteiger partial charge in [-0.05, 0) is 18.1 Å². The Kier molecular flexibility index (Phi) is 10.8. The zero-order valence-corrected chi connectivity index (χ0v) is 22.0. The predicted octanol–water partition coefficient (Wildman–Crippen LogP) is 4.37. The SMILES string of the molecule is COCCN(Cc1c(-c2ccccc2)nn(C)c1Oc1ccccc1OC)CC(O)COCC(C)C. The number of ether oxygens (including phenoxy) is 4. The number of aliphatic hydroxyl groups excluding tert-OH is 1. The van der Waals surface area contributed by atoms with Crippen LogP contribution in [0, 0.1) is 5.92 Å². The molecular formula is C28H39N3O5. The Morgan fingerprint density at radius 3 is 2.33 bits per heavy atom. The molecule has 0 aliphatic rings. The van der Waals surface area contributed by atoms with E-state index in [4.69, 9.17) is 24.0 Å². The van der Waals surface area contributed by atoms with Crippen LogP contribution in [0.5, 0.6) is 17.4 Å². The minimum absolute atomic E-state index is 0.283. The summed E-state index contributed by atoms with van der Waals surface area (Å²) in [6, 6.07) is 17.6. The Hall–Kier alpha value is -2.91. The molecule has 1 atom stereocenters.